The Hall–Kier alpha value is -0.860. The van der Waals surface area contributed by atoms with Gasteiger partial charge in [0.1, 0.15) is 5.78 Å². The molecule has 13 heavy (non-hydrogen) atoms. The maximum atomic E-state index is 11.2. The van der Waals surface area contributed by atoms with Crippen LogP contribution >= 0.6 is 0 Å². The Morgan fingerprint density at radius 3 is 2.54 bits per heavy atom. The second-order valence-corrected chi connectivity index (χ2v) is 3.46. The fourth-order valence-corrected chi connectivity index (χ4v) is 1.12. The van der Waals surface area contributed by atoms with Crippen LogP contribution in [0.3, 0.4) is 0 Å². The summed E-state index contributed by atoms with van der Waals surface area (Å²) in [5.74, 6) is 0.253. The summed E-state index contributed by atoms with van der Waals surface area (Å²) in [7, 11) is 0. The Labute approximate surface area is 78.5 Å². The van der Waals surface area contributed by atoms with Crippen molar-refractivity contribution in [2.75, 3.05) is 6.61 Å². The Morgan fingerprint density at radius 1 is 1.31 bits per heavy atom. The molecule has 0 amide bonds. The summed E-state index contributed by atoms with van der Waals surface area (Å²) in [6, 6.07) is 0. The van der Waals surface area contributed by atoms with Gasteiger partial charge in [-0.2, -0.15) is 0 Å². The third kappa shape index (κ3) is 4.06. The Kier molecular flexibility index (Phi) is 3.93. The van der Waals surface area contributed by atoms with Crippen LogP contribution < -0.4 is 0 Å². The number of esters is 1. The van der Waals surface area contributed by atoms with Gasteiger partial charge >= 0.3 is 5.97 Å². The van der Waals surface area contributed by atoms with Gasteiger partial charge < -0.3 is 4.74 Å². The average Bonchev–Trinajstić information content (AvgIpc) is 2.93. The molecule has 0 radical (unpaired) electrons. The molecule has 0 heterocycles. The molecule has 0 spiro atoms. The molecule has 1 rings (SSSR count). The van der Waals surface area contributed by atoms with Crippen molar-refractivity contribution in [3.63, 3.8) is 0 Å². The van der Waals surface area contributed by atoms with E-state index in [9.17, 15) is 9.59 Å². The van der Waals surface area contributed by atoms with Gasteiger partial charge in [-0.15, -0.1) is 0 Å². The van der Waals surface area contributed by atoms with E-state index < -0.39 is 0 Å². The first-order valence-corrected chi connectivity index (χ1v) is 4.92. The topological polar surface area (TPSA) is 43.4 Å². The van der Waals surface area contributed by atoms with Crippen molar-refractivity contribution < 1.29 is 14.3 Å². The van der Waals surface area contributed by atoms with E-state index >= 15 is 0 Å². The van der Waals surface area contributed by atoms with Gasteiger partial charge in [0.05, 0.1) is 13.0 Å². The third-order valence-corrected chi connectivity index (χ3v) is 2.08. The lowest BCUT2D eigenvalue weighted by molar-refractivity contribution is -0.144. The monoisotopic (exact) mass is 184 g/mol. The molecule has 1 fully saturated rings. The fraction of sp³-hybridized carbons (Fsp3) is 0.800. The zero-order valence-electron chi connectivity index (χ0n) is 8.04. The van der Waals surface area contributed by atoms with E-state index in [4.69, 9.17) is 4.74 Å². The lowest BCUT2D eigenvalue weighted by Crippen LogP contribution is -2.09. The van der Waals surface area contributed by atoms with E-state index in [0.717, 1.165) is 19.3 Å². The highest BCUT2D eigenvalue weighted by atomic mass is 16.5. The molecule has 0 aromatic heterocycles. The molecule has 0 atom stereocenters. The van der Waals surface area contributed by atoms with E-state index in [1.54, 1.807) is 0 Å². The summed E-state index contributed by atoms with van der Waals surface area (Å²) in [6.07, 6.45) is 3.50. The molecule has 0 unspecified atom stereocenters. The molecule has 0 aromatic rings. The summed E-state index contributed by atoms with van der Waals surface area (Å²) in [6.45, 7) is 2.42. The van der Waals surface area contributed by atoms with Crippen molar-refractivity contribution in [2.24, 2.45) is 5.92 Å². The maximum absolute atomic E-state index is 11.2. The van der Waals surface area contributed by atoms with E-state index in [0.29, 0.717) is 13.0 Å². The highest BCUT2D eigenvalue weighted by Gasteiger charge is 2.29. The molecule has 0 saturated heterocycles. The first-order valence-electron chi connectivity index (χ1n) is 4.92. The summed E-state index contributed by atoms with van der Waals surface area (Å²) in [5.41, 5.74) is 0. The molecular formula is C10H16O3. The van der Waals surface area contributed by atoms with E-state index in [1.807, 2.05) is 6.92 Å². The minimum Gasteiger partial charge on any atom is -0.466 e. The second kappa shape index (κ2) is 5.00. The molecule has 0 aromatic carbocycles. The minimum atomic E-state index is -0.240. The van der Waals surface area contributed by atoms with Crippen molar-refractivity contribution >= 4 is 11.8 Å². The number of carbonyl (C=O) groups is 2. The number of hydrogen-bond acceptors (Lipinski definition) is 3. The lowest BCUT2D eigenvalue weighted by Gasteiger charge is -2.01. The fourth-order valence-electron chi connectivity index (χ4n) is 1.12. The van der Waals surface area contributed by atoms with Crippen LogP contribution in [0.1, 0.15) is 39.0 Å². The van der Waals surface area contributed by atoms with Gasteiger partial charge in [-0.25, -0.2) is 0 Å². The van der Waals surface area contributed by atoms with Crippen molar-refractivity contribution in [2.45, 2.75) is 39.0 Å². The molecule has 1 aliphatic rings. The molecule has 0 aliphatic heterocycles. The smallest absolute Gasteiger partial charge is 0.306 e. The van der Waals surface area contributed by atoms with Gasteiger partial charge in [0.15, 0.2) is 0 Å². The Bertz CT molecular complexity index is 194. The van der Waals surface area contributed by atoms with Crippen LogP contribution in [-0.2, 0) is 14.3 Å². The number of carbonyl (C=O) groups excluding carboxylic acids is 2. The SMILES string of the molecule is CCCOC(=O)CCC(=O)C1CC1. The predicted molar refractivity (Wildman–Crippen MR) is 48.2 cm³/mol. The van der Waals surface area contributed by atoms with Crippen molar-refractivity contribution in [1.29, 1.82) is 0 Å². The Morgan fingerprint density at radius 2 is 2.00 bits per heavy atom. The Balaban J connectivity index is 2.03. The van der Waals surface area contributed by atoms with Crippen molar-refractivity contribution in [3.8, 4) is 0 Å². The normalized spacial score (nSPS) is 15.5. The number of Topliss-reactive ketones (excluding diaryl/α,β-unsaturated/α-hetero) is 1. The van der Waals surface area contributed by atoms with Crippen LogP contribution in [0, 0.1) is 5.92 Å². The predicted octanol–water partition coefficient (Wildman–Crippen LogP) is 1.70. The van der Waals surface area contributed by atoms with Crippen LogP contribution in [0.2, 0.25) is 0 Å². The molecule has 74 valence electrons. The lowest BCUT2D eigenvalue weighted by atomic mass is 10.1. The molecule has 0 bridgehead atoms. The van der Waals surface area contributed by atoms with Gasteiger partial charge in [-0.1, -0.05) is 6.92 Å². The second-order valence-electron chi connectivity index (χ2n) is 3.46. The molecule has 1 aliphatic carbocycles. The average molecular weight is 184 g/mol. The minimum absolute atomic E-state index is 0.230. The van der Waals surface area contributed by atoms with Crippen LogP contribution in [0.25, 0.3) is 0 Å². The molecule has 0 N–H and O–H groups in total. The number of rotatable bonds is 6. The first kappa shape index (κ1) is 10.2. The number of ether oxygens (including phenoxy) is 1. The van der Waals surface area contributed by atoms with Crippen molar-refractivity contribution in [1.82, 2.24) is 0 Å². The quantitative estimate of drug-likeness (QED) is 0.590. The van der Waals surface area contributed by atoms with Gasteiger partial charge in [0, 0.05) is 12.3 Å². The highest BCUT2D eigenvalue weighted by Crippen LogP contribution is 2.31. The third-order valence-electron chi connectivity index (χ3n) is 2.08. The van der Waals surface area contributed by atoms with E-state index in [2.05, 4.69) is 0 Å². The maximum Gasteiger partial charge on any atom is 0.306 e. The summed E-state index contributed by atoms with van der Waals surface area (Å²) >= 11 is 0. The standard InChI is InChI=1S/C10H16O3/c1-2-7-13-10(12)6-5-9(11)8-3-4-8/h8H,2-7H2,1H3. The zero-order valence-corrected chi connectivity index (χ0v) is 8.04. The van der Waals surface area contributed by atoms with E-state index in [1.165, 1.54) is 0 Å². The van der Waals surface area contributed by atoms with Crippen LogP contribution in [0.4, 0.5) is 0 Å². The zero-order chi connectivity index (χ0) is 9.68. The number of ketones is 1. The van der Waals surface area contributed by atoms with Crippen LogP contribution in [-0.4, -0.2) is 18.4 Å². The summed E-state index contributed by atoms with van der Waals surface area (Å²) in [5, 5.41) is 0. The van der Waals surface area contributed by atoms with Crippen molar-refractivity contribution in [3.05, 3.63) is 0 Å². The highest BCUT2D eigenvalue weighted by molar-refractivity contribution is 5.86. The molecular weight excluding hydrogens is 168 g/mol. The first-order chi connectivity index (χ1) is 6.24. The van der Waals surface area contributed by atoms with Crippen LogP contribution in [0.15, 0.2) is 0 Å². The molecule has 1 saturated carbocycles. The summed E-state index contributed by atoms with van der Waals surface area (Å²) in [4.78, 5) is 22.2. The molecule has 3 heteroatoms. The number of hydrogen-bond donors (Lipinski definition) is 0. The summed E-state index contributed by atoms with van der Waals surface area (Å²) < 4.78 is 4.85. The van der Waals surface area contributed by atoms with E-state index in [-0.39, 0.29) is 24.1 Å². The molecule has 3 nitrogen and oxygen atoms in total. The van der Waals surface area contributed by atoms with Gasteiger partial charge in [0.2, 0.25) is 0 Å². The van der Waals surface area contributed by atoms with Gasteiger partial charge in [-0.3, -0.25) is 9.59 Å². The largest absolute Gasteiger partial charge is 0.466 e. The van der Waals surface area contributed by atoms with Gasteiger partial charge in [0.25, 0.3) is 0 Å². The van der Waals surface area contributed by atoms with Crippen LogP contribution in [0.5, 0.6) is 0 Å². The van der Waals surface area contributed by atoms with Gasteiger partial charge in [-0.05, 0) is 19.3 Å².